The van der Waals surface area contributed by atoms with E-state index in [0.717, 1.165) is 19.6 Å². The highest BCUT2D eigenvalue weighted by atomic mass is 79.9. The molecule has 0 aromatic heterocycles. The molecule has 1 fully saturated rings. The predicted molar refractivity (Wildman–Crippen MR) is 96.3 cm³/mol. The molecule has 2 aromatic rings. The molecule has 3 nitrogen and oxygen atoms in total. The Balaban J connectivity index is 1.66. The van der Waals surface area contributed by atoms with E-state index in [4.69, 9.17) is 0 Å². The summed E-state index contributed by atoms with van der Waals surface area (Å²) >= 11 is 3.22. The van der Waals surface area contributed by atoms with E-state index in [2.05, 4.69) is 33.0 Å². The van der Waals surface area contributed by atoms with E-state index in [1.165, 1.54) is 11.6 Å². The Kier molecular flexibility index (Phi) is 5.31. The van der Waals surface area contributed by atoms with Crippen LogP contribution in [0, 0.1) is 5.82 Å². The first-order chi connectivity index (χ1) is 11.5. The minimum Gasteiger partial charge on any atom is -0.333 e. The van der Waals surface area contributed by atoms with Crippen LogP contribution in [0.2, 0.25) is 0 Å². The highest BCUT2D eigenvalue weighted by molar-refractivity contribution is 9.10. The third-order valence-electron chi connectivity index (χ3n) is 4.38. The van der Waals surface area contributed by atoms with Crippen LogP contribution < -0.4 is 0 Å². The Morgan fingerprint density at radius 2 is 1.96 bits per heavy atom. The van der Waals surface area contributed by atoms with Crippen LogP contribution in [0.3, 0.4) is 0 Å². The van der Waals surface area contributed by atoms with E-state index >= 15 is 0 Å². The van der Waals surface area contributed by atoms with E-state index < -0.39 is 5.82 Å². The van der Waals surface area contributed by atoms with Crippen molar-refractivity contribution >= 4 is 21.8 Å². The summed E-state index contributed by atoms with van der Waals surface area (Å²) in [7, 11) is 0. The van der Waals surface area contributed by atoms with Gasteiger partial charge in [0.25, 0.3) is 5.91 Å². The second kappa shape index (κ2) is 7.45. The second-order valence-electron chi connectivity index (χ2n) is 6.19. The highest BCUT2D eigenvalue weighted by Gasteiger charge is 2.29. The van der Waals surface area contributed by atoms with Gasteiger partial charge in [-0.25, -0.2) is 4.39 Å². The molecule has 0 aliphatic carbocycles. The minimum absolute atomic E-state index is 0.0537. The van der Waals surface area contributed by atoms with Gasteiger partial charge in [0.2, 0.25) is 0 Å². The van der Waals surface area contributed by atoms with Gasteiger partial charge in [0.1, 0.15) is 5.82 Å². The Labute approximate surface area is 150 Å². The normalized spacial score (nSPS) is 18.6. The first-order valence-electron chi connectivity index (χ1n) is 8.07. The zero-order valence-corrected chi connectivity index (χ0v) is 15.2. The smallest absolute Gasteiger partial charge is 0.257 e. The van der Waals surface area contributed by atoms with Crippen LogP contribution in [0.25, 0.3) is 0 Å². The SMILES string of the molecule is C[C@H]1CN(Cc2ccccc2)CCN1C(=O)c1ccc(Br)cc1F. The Morgan fingerprint density at radius 3 is 2.62 bits per heavy atom. The van der Waals surface area contributed by atoms with Crippen LogP contribution in [0.5, 0.6) is 0 Å². The molecule has 24 heavy (non-hydrogen) atoms. The summed E-state index contributed by atoms with van der Waals surface area (Å²) < 4.78 is 14.7. The standard InChI is InChI=1S/C19H20BrFN2O/c1-14-12-22(13-15-5-3-2-4-6-15)9-10-23(14)19(24)17-8-7-16(20)11-18(17)21/h2-8,11,14H,9-10,12-13H2,1H3/t14-/m0/s1. The van der Waals surface area contributed by atoms with E-state index in [9.17, 15) is 9.18 Å². The number of benzene rings is 2. The largest absolute Gasteiger partial charge is 0.333 e. The molecule has 0 bridgehead atoms. The third kappa shape index (κ3) is 3.84. The molecule has 0 spiro atoms. The molecule has 3 rings (SSSR count). The lowest BCUT2D eigenvalue weighted by molar-refractivity contribution is 0.0471. The van der Waals surface area contributed by atoms with E-state index in [1.54, 1.807) is 17.0 Å². The number of amides is 1. The third-order valence-corrected chi connectivity index (χ3v) is 4.88. The molecular weight excluding hydrogens is 371 g/mol. The van der Waals surface area contributed by atoms with Crippen molar-refractivity contribution in [2.45, 2.75) is 19.5 Å². The number of rotatable bonds is 3. The highest BCUT2D eigenvalue weighted by Crippen LogP contribution is 2.20. The van der Waals surface area contributed by atoms with Gasteiger partial charge < -0.3 is 4.90 Å². The molecule has 0 saturated carbocycles. The fourth-order valence-electron chi connectivity index (χ4n) is 3.14. The zero-order chi connectivity index (χ0) is 17.1. The van der Waals surface area contributed by atoms with Crippen LogP contribution in [0.4, 0.5) is 4.39 Å². The van der Waals surface area contributed by atoms with Crippen molar-refractivity contribution < 1.29 is 9.18 Å². The lowest BCUT2D eigenvalue weighted by atomic mass is 10.1. The van der Waals surface area contributed by atoms with Crippen molar-refractivity contribution in [3.8, 4) is 0 Å². The maximum atomic E-state index is 14.1. The zero-order valence-electron chi connectivity index (χ0n) is 13.6. The van der Waals surface area contributed by atoms with Crippen molar-refractivity contribution in [2.24, 2.45) is 0 Å². The maximum absolute atomic E-state index is 14.1. The average molecular weight is 391 g/mol. The van der Waals surface area contributed by atoms with Crippen LogP contribution in [0.1, 0.15) is 22.8 Å². The monoisotopic (exact) mass is 390 g/mol. The molecule has 0 N–H and O–H groups in total. The summed E-state index contributed by atoms with van der Waals surface area (Å²) in [6, 6.07) is 14.9. The molecule has 1 saturated heterocycles. The molecule has 0 radical (unpaired) electrons. The lowest BCUT2D eigenvalue weighted by Crippen LogP contribution is -2.53. The van der Waals surface area contributed by atoms with Crippen molar-refractivity contribution in [2.75, 3.05) is 19.6 Å². The number of carbonyl (C=O) groups excluding carboxylic acids is 1. The van der Waals surface area contributed by atoms with Crippen molar-refractivity contribution in [3.05, 3.63) is 69.9 Å². The van der Waals surface area contributed by atoms with Gasteiger partial charge >= 0.3 is 0 Å². The summed E-state index contributed by atoms with van der Waals surface area (Å²) in [5.41, 5.74) is 1.41. The second-order valence-corrected chi connectivity index (χ2v) is 7.11. The van der Waals surface area contributed by atoms with Crippen molar-refractivity contribution in [3.63, 3.8) is 0 Å². The molecule has 1 aliphatic rings. The Bertz CT molecular complexity index is 723. The average Bonchev–Trinajstić information content (AvgIpc) is 2.55. The van der Waals surface area contributed by atoms with E-state index in [1.807, 2.05) is 25.1 Å². The van der Waals surface area contributed by atoms with Gasteiger partial charge in [0, 0.05) is 36.7 Å². The van der Waals surface area contributed by atoms with Crippen molar-refractivity contribution in [1.29, 1.82) is 0 Å². The Morgan fingerprint density at radius 1 is 1.21 bits per heavy atom. The molecular formula is C19H20BrFN2O. The number of hydrogen-bond donors (Lipinski definition) is 0. The summed E-state index contributed by atoms with van der Waals surface area (Å²) in [4.78, 5) is 16.8. The van der Waals surface area contributed by atoms with E-state index in [-0.39, 0.29) is 17.5 Å². The first kappa shape index (κ1) is 17.1. The molecule has 126 valence electrons. The maximum Gasteiger partial charge on any atom is 0.257 e. The van der Waals surface area contributed by atoms with Gasteiger partial charge in [-0.15, -0.1) is 0 Å². The fraction of sp³-hybridized carbons (Fsp3) is 0.316. The molecule has 1 atom stereocenters. The summed E-state index contributed by atoms with van der Waals surface area (Å²) in [6.07, 6.45) is 0. The topological polar surface area (TPSA) is 23.6 Å². The molecule has 1 heterocycles. The van der Waals surface area contributed by atoms with Crippen LogP contribution in [0.15, 0.2) is 53.0 Å². The summed E-state index contributed by atoms with van der Waals surface area (Å²) in [5, 5.41) is 0. The Hall–Kier alpha value is -1.72. The van der Waals surface area contributed by atoms with E-state index in [0.29, 0.717) is 11.0 Å². The van der Waals surface area contributed by atoms with Gasteiger partial charge in [-0.3, -0.25) is 9.69 Å². The molecule has 2 aromatic carbocycles. The number of carbonyl (C=O) groups is 1. The number of halogens is 2. The first-order valence-corrected chi connectivity index (χ1v) is 8.86. The van der Waals surface area contributed by atoms with Gasteiger partial charge in [0.15, 0.2) is 0 Å². The van der Waals surface area contributed by atoms with Crippen LogP contribution in [-0.2, 0) is 6.54 Å². The molecule has 0 unspecified atom stereocenters. The number of nitrogens with zero attached hydrogens (tertiary/aromatic N) is 2. The van der Waals surface area contributed by atoms with Gasteiger partial charge in [-0.05, 0) is 30.7 Å². The number of piperazine rings is 1. The van der Waals surface area contributed by atoms with Crippen LogP contribution in [-0.4, -0.2) is 41.4 Å². The fourth-order valence-corrected chi connectivity index (χ4v) is 3.47. The van der Waals surface area contributed by atoms with Crippen molar-refractivity contribution in [1.82, 2.24) is 9.80 Å². The predicted octanol–water partition coefficient (Wildman–Crippen LogP) is 3.93. The van der Waals surface area contributed by atoms with Gasteiger partial charge in [-0.1, -0.05) is 46.3 Å². The van der Waals surface area contributed by atoms with Crippen LogP contribution >= 0.6 is 15.9 Å². The quantitative estimate of drug-likeness (QED) is 0.792. The minimum atomic E-state index is -0.478. The van der Waals surface area contributed by atoms with Gasteiger partial charge in [0.05, 0.1) is 5.56 Å². The molecule has 5 heteroatoms. The molecule has 1 aliphatic heterocycles. The van der Waals surface area contributed by atoms with Gasteiger partial charge in [-0.2, -0.15) is 0 Å². The summed E-state index contributed by atoms with van der Waals surface area (Å²) in [6.45, 7) is 5.09. The number of hydrogen-bond acceptors (Lipinski definition) is 2. The summed E-state index contributed by atoms with van der Waals surface area (Å²) in [5.74, 6) is -0.708. The molecule has 1 amide bonds. The lowest BCUT2D eigenvalue weighted by Gasteiger charge is -2.40.